The minimum Gasteiger partial charge on any atom is -0.387 e. The number of aliphatic hydroxyl groups is 1. The lowest BCUT2D eigenvalue weighted by molar-refractivity contribution is -0.237. The van der Waals surface area contributed by atoms with Gasteiger partial charge >= 0.3 is 0 Å². The predicted octanol–water partition coefficient (Wildman–Crippen LogP) is 4.01. The Balaban J connectivity index is 2.79. The summed E-state index contributed by atoms with van der Waals surface area (Å²) in [7, 11) is 0. The quantitative estimate of drug-likeness (QED) is 0.425. The summed E-state index contributed by atoms with van der Waals surface area (Å²) in [5, 5.41) is 10.8. The number of aliphatic hydroxyl groups excluding tert-OH is 1. The van der Waals surface area contributed by atoms with Gasteiger partial charge in [0.25, 0.3) is 0 Å². The molecule has 1 heterocycles. The Morgan fingerprint density at radius 3 is 2.00 bits per heavy atom. The summed E-state index contributed by atoms with van der Waals surface area (Å²) >= 11 is 1.62. The molecule has 5 unspecified atom stereocenters. The largest absolute Gasteiger partial charge is 0.387 e. The van der Waals surface area contributed by atoms with Crippen molar-refractivity contribution in [3.8, 4) is 0 Å². The zero-order valence-electron chi connectivity index (χ0n) is 17.2. The maximum atomic E-state index is 10.8. The van der Waals surface area contributed by atoms with E-state index < -0.39 is 6.10 Å². The molecule has 1 N–H and O–H groups in total. The fraction of sp³-hybridized carbons (Fsp3) is 1.00. The third-order valence-corrected chi connectivity index (χ3v) is 5.54. The Labute approximate surface area is 164 Å². The molecule has 1 aliphatic rings. The van der Waals surface area contributed by atoms with Crippen LogP contribution in [0.15, 0.2) is 0 Å². The van der Waals surface area contributed by atoms with Crippen LogP contribution in [0.2, 0.25) is 0 Å². The summed E-state index contributed by atoms with van der Waals surface area (Å²) in [6, 6.07) is 0. The van der Waals surface area contributed by atoms with E-state index in [0.29, 0.717) is 19.8 Å². The number of rotatable bonds is 15. The molecule has 1 aliphatic heterocycles. The number of hydrogen-bond donors (Lipinski definition) is 1. The van der Waals surface area contributed by atoms with Crippen LogP contribution in [0.25, 0.3) is 0 Å². The van der Waals surface area contributed by atoms with Crippen molar-refractivity contribution in [2.24, 2.45) is 0 Å². The van der Waals surface area contributed by atoms with Crippen molar-refractivity contribution in [2.75, 3.05) is 32.2 Å². The first-order chi connectivity index (χ1) is 12.7. The van der Waals surface area contributed by atoms with Gasteiger partial charge in [-0.05, 0) is 25.0 Å². The van der Waals surface area contributed by atoms with Crippen molar-refractivity contribution in [3.05, 3.63) is 0 Å². The van der Waals surface area contributed by atoms with Crippen molar-refractivity contribution >= 4 is 11.8 Å². The first-order valence-corrected chi connectivity index (χ1v) is 11.5. The molecule has 26 heavy (non-hydrogen) atoms. The minimum absolute atomic E-state index is 0.206. The van der Waals surface area contributed by atoms with Gasteiger partial charge in [-0.25, -0.2) is 0 Å². The minimum atomic E-state index is -0.685. The summed E-state index contributed by atoms with van der Waals surface area (Å²) < 4.78 is 24.2. The predicted molar refractivity (Wildman–Crippen MR) is 108 cm³/mol. The average molecular weight is 393 g/mol. The normalized spacial score (nSPS) is 29.2. The Kier molecular flexibility index (Phi) is 14.1. The van der Waals surface area contributed by atoms with E-state index in [1.807, 2.05) is 0 Å². The van der Waals surface area contributed by atoms with E-state index in [0.717, 1.165) is 50.9 Å². The molecule has 0 saturated carbocycles. The second-order valence-electron chi connectivity index (χ2n) is 6.80. The van der Waals surface area contributed by atoms with Crippen molar-refractivity contribution in [1.82, 2.24) is 0 Å². The van der Waals surface area contributed by atoms with Crippen LogP contribution in [-0.4, -0.2) is 67.1 Å². The van der Waals surface area contributed by atoms with Gasteiger partial charge in [0.05, 0.1) is 6.61 Å². The van der Waals surface area contributed by atoms with Gasteiger partial charge in [0.15, 0.2) is 0 Å². The third kappa shape index (κ3) is 8.44. The Hall–Kier alpha value is 0.150. The third-order valence-electron chi connectivity index (χ3n) is 4.49. The van der Waals surface area contributed by atoms with E-state index in [1.165, 1.54) is 0 Å². The zero-order chi connectivity index (χ0) is 19.2. The van der Waals surface area contributed by atoms with E-state index in [1.54, 1.807) is 11.8 Å². The van der Waals surface area contributed by atoms with Crippen LogP contribution in [0.5, 0.6) is 0 Å². The van der Waals surface area contributed by atoms with Gasteiger partial charge in [-0.2, -0.15) is 0 Å². The molecular formula is C20H40O5S. The van der Waals surface area contributed by atoms with Gasteiger partial charge in [0.2, 0.25) is 0 Å². The fourth-order valence-corrected chi connectivity index (χ4v) is 3.80. The highest BCUT2D eigenvalue weighted by atomic mass is 32.2. The van der Waals surface area contributed by atoms with E-state index in [2.05, 4.69) is 27.7 Å². The molecule has 5 nitrogen and oxygen atoms in total. The second-order valence-corrected chi connectivity index (χ2v) is 8.17. The Morgan fingerprint density at radius 2 is 1.42 bits per heavy atom. The van der Waals surface area contributed by atoms with Crippen LogP contribution >= 0.6 is 11.8 Å². The second kappa shape index (κ2) is 15.1. The number of thioether (sulfide) groups is 1. The summed E-state index contributed by atoms with van der Waals surface area (Å²) in [5.41, 5.74) is -0.294. The molecule has 0 radical (unpaired) electrons. The zero-order valence-corrected chi connectivity index (χ0v) is 18.0. The molecule has 156 valence electrons. The lowest BCUT2D eigenvalue weighted by Gasteiger charge is -2.44. The van der Waals surface area contributed by atoms with Crippen molar-refractivity contribution in [3.63, 3.8) is 0 Å². The topological polar surface area (TPSA) is 57.2 Å². The first-order valence-electron chi connectivity index (χ1n) is 10.5. The van der Waals surface area contributed by atoms with Crippen LogP contribution in [0, 0.1) is 0 Å². The monoisotopic (exact) mass is 392 g/mol. The van der Waals surface area contributed by atoms with E-state index in [-0.39, 0.29) is 23.7 Å². The SMILES string of the molecule is CCCCOCC1OC(SCC)C(O)C(OCCCC)C1OCCCC. The van der Waals surface area contributed by atoms with Gasteiger partial charge < -0.3 is 24.1 Å². The lowest BCUT2D eigenvalue weighted by atomic mass is 9.99. The van der Waals surface area contributed by atoms with Crippen LogP contribution in [0.3, 0.4) is 0 Å². The Bertz CT molecular complexity index is 331. The lowest BCUT2D eigenvalue weighted by Crippen LogP contribution is -2.59. The van der Waals surface area contributed by atoms with Gasteiger partial charge in [-0.1, -0.05) is 47.0 Å². The van der Waals surface area contributed by atoms with E-state index in [9.17, 15) is 5.11 Å². The van der Waals surface area contributed by atoms with Crippen molar-refractivity contribution in [1.29, 1.82) is 0 Å². The molecule has 6 heteroatoms. The van der Waals surface area contributed by atoms with Crippen LogP contribution in [0.4, 0.5) is 0 Å². The van der Waals surface area contributed by atoms with Gasteiger partial charge in [0.1, 0.15) is 29.9 Å². The van der Waals surface area contributed by atoms with Gasteiger partial charge in [-0.15, -0.1) is 11.8 Å². The summed E-state index contributed by atoms with van der Waals surface area (Å²) in [4.78, 5) is 0. The van der Waals surface area contributed by atoms with Gasteiger partial charge in [-0.3, -0.25) is 0 Å². The maximum absolute atomic E-state index is 10.8. The van der Waals surface area contributed by atoms with Crippen molar-refractivity contribution in [2.45, 2.75) is 96.1 Å². The highest BCUT2D eigenvalue weighted by molar-refractivity contribution is 7.99. The molecular weight excluding hydrogens is 352 g/mol. The first kappa shape index (κ1) is 24.2. The molecule has 0 aromatic heterocycles. The molecule has 1 rings (SSSR count). The summed E-state index contributed by atoms with van der Waals surface area (Å²) in [6.07, 6.45) is 4.72. The average Bonchev–Trinajstić information content (AvgIpc) is 2.64. The smallest absolute Gasteiger partial charge is 0.132 e. The molecule has 0 amide bonds. The Morgan fingerprint density at radius 1 is 0.846 bits per heavy atom. The molecule has 1 fully saturated rings. The molecule has 0 aromatic carbocycles. The summed E-state index contributed by atoms with van der Waals surface area (Å²) in [6.45, 7) is 11.0. The molecule has 0 bridgehead atoms. The summed E-state index contributed by atoms with van der Waals surface area (Å²) in [5.74, 6) is 0.883. The molecule has 0 aliphatic carbocycles. The van der Waals surface area contributed by atoms with Crippen LogP contribution in [0.1, 0.15) is 66.2 Å². The van der Waals surface area contributed by atoms with E-state index in [4.69, 9.17) is 18.9 Å². The fourth-order valence-electron chi connectivity index (χ4n) is 2.90. The number of unbranched alkanes of at least 4 members (excludes halogenated alkanes) is 3. The molecule has 5 atom stereocenters. The standard InChI is InChI=1S/C20H40O5S/c1-5-9-12-22-15-16-18(23-13-10-6-2)19(24-14-11-7-3)17(21)20(25-16)26-8-4/h16-21H,5-15H2,1-4H3. The van der Waals surface area contributed by atoms with Crippen LogP contribution in [-0.2, 0) is 18.9 Å². The van der Waals surface area contributed by atoms with Gasteiger partial charge in [0, 0.05) is 19.8 Å². The number of ether oxygens (including phenoxy) is 4. The molecule has 0 aromatic rings. The highest BCUT2D eigenvalue weighted by Gasteiger charge is 2.46. The molecule has 1 saturated heterocycles. The highest BCUT2D eigenvalue weighted by Crippen LogP contribution is 2.32. The van der Waals surface area contributed by atoms with Crippen molar-refractivity contribution < 1.29 is 24.1 Å². The maximum Gasteiger partial charge on any atom is 0.132 e. The number of hydrogen-bond acceptors (Lipinski definition) is 6. The molecule has 0 spiro atoms. The van der Waals surface area contributed by atoms with E-state index >= 15 is 0 Å². The van der Waals surface area contributed by atoms with Crippen LogP contribution < -0.4 is 0 Å².